The first-order valence-corrected chi connectivity index (χ1v) is 6.00. The third kappa shape index (κ3) is 3.74. The van der Waals surface area contributed by atoms with E-state index in [4.69, 9.17) is 9.47 Å². The molecule has 0 aromatic heterocycles. The van der Waals surface area contributed by atoms with Gasteiger partial charge < -0.3 is 14.8 Å². The van der Waals surface area contributed by atoms with Crippen LogP contribution in [0.2, 0.25) is 0 Å². The summed E-state index contributed by atoms with van der Waals surface area (Å²) in [7, 11) is 0. The average Bonchev–Trinajstić information content (AvgIpc) is 2.18. The Morgan fingerprint density at radius 3 is 2.67 bits per heavy atom. The molecule has 15 heavy (non-hydrogen) atoms. The molecule has 1 heterocycles. The fourth-order valence-corrected chi connectivity index (χ4v) is 1.25. The smallest absolute Gasteiger partial charge is 0.251 e. The minimum atomic E-state index is -0.468. The molecule has 0 aromatic rings. The Balaban J connectivity index is 2.47. The number of amides is 1. The molecule has 1 N–H and O–H groups in total. The SMILES string of the molecule is CC(Br)C(C)(C)NC(=O)C1COCCO1. The van der Waals surface area contributed by atoms with Crippen molar-refractivity contribution in [1.82, 2.24) is 5.32 Å². The van der Waals surface area contributed by atoms with E-state index in [1.807, 2.05) is 20.8 Å². The van der Waals surface area contributed by atoms with Crippen LogP contribution in [0.15, 0.2) is 0 Å². The predicted molar refractivity (Wildman–Crippen MR) is 61.2 cm³/mol. The molecule has 1 fully saturated rings. The summed E-state index contributed by atoms with van der Waals surface area (Å²) >= 11 is 3.46. The van der Waals surface area contributed by atoms with Crippen molar-refractivity contribution in [2.45, 2.75) is 37.2 Å². The van der Waals surface area contributed by atoms with Crippen molar-refractivity contribution in [3.8, 4) is 0 Å². The number of rotatable bonds is 3. The highest BCUT2D eigenvalue weighted by molar-refractivity contribution is 9.09. The second-order valence-electron chi connectivity index (χ2n) is 4.26. The van der Waals surface area contributed by atoms with Crippen LogP contribution >= 0.6 is 15.9 Å². The maximum absolute atomic E-state index is 11.8. The molecule has 5 heteroatoms. The van der Waals surface area contributed by atoms with Crippen molar-refractivity contribution < 1.29 is 14.3 Å². The molecule has 1 saturated heterocycles. The normalized spacial score (nSPS) is 24.7. The lowest BCUT2D eigenvalue weighted by atomic mass is 10.0. The molecule has 88 valence electrons. The van der Waals surface area contributed by atoms with Gasteiger partial charge in [0.05, 0.1) is 19.8 Å². The van der Waals surface area contributed by atoms with Gasteiger partial charge in [-0.1, -0.05) is 22.9 Å². The lowest BCUT2D eigenvalue weighted by Gasteiger charge is -2.32. The summed E-state index contributed by atoms with van der Waals surface area (Å²) in [6.45, 7) is 7.34. The van der Waals surface area contributed by atoms with Gasteiger partial charge in [0, 0.05) is 10.4 Å². The summed E-state index contributed by atoms with van der Waals surface area (Å²) in [5, 5.41) is 2.93. The third-order valence-electron chi connectivity index (χ3n) is 2.55. The number of carbonyl (C=O) groups is 1. The Labute approximate surface area is 98.8 Å². The Kier molecular flexibility index (Phi) is 4.55. The molecule has 1 amide bonds. The van der Waals surface area contributed by atoms with Crippen molar-refractivity contribution >= 4 is 21.8 Å². The summed E-state index contributed by atoms with van der Waals surface area (Å²) in [4.78, 5) is 12.0. The standard InChI is InChI=1S/C10H18BrNO3/c1-7(11)10(2,3)12-9(13)8-6-14-4-5-15-8/h7-8H,4-6H2,1-3H3,(H,12,13). The zero-order valence-corrected chi connectivity index (χ0v) is 11.0. The molecule has 1 aliphatic rings. The van der Waals surface area contributed by atoms with Crippen molar-refractivity contribution in [1.29, 1.82) is 0 Å². The van der Waals surface area contributed by atoms with Gasteiger partial charge in [0.1, 0.15) is 0 Å². The molecule has 0 spiro atoms. The van der Waals surface area contributed by atoms with Crippen molar-refractivity contribution in [2.24, 2.45) is 0 Å². The fraction of sp³-hybridized carbons (Fsp3) is 0.900. The largest absolute Gasteiger partial charge is 0.376 e. The molecule has 0 saturated carbocycles. The summed E-state index contributed by atoms with van der Waals surface area (Å²) < 4.78 is 10.5. The number of ether oxygens (including phenoxy) is 2. The van der Waals surface area contributed by atoms with Crippen molar-refractivity contribution in [2.75, 3.05) is 19.8 Å². The number of halogens is 1. The minimum Gasteiger partial charge on any atom is -0.376 e. The Bertz CT molecular complexity index is 225. The maximum atomic E-state index is 11.8. The number of carbonyl (C=O) groups excluding carboxylic acids is 1. The fourth-order valence-electron chi connectivity index (χ4n) is 1.14. The first kappa shape index (κ1) is 12.9. The van der Waals surface area contributed by atoms with Gasteiger partial charge in [-0.2, -0.15) is 0 Å². The second kappa shape index (κ2) is 5.27. The quantitative estimate of drug-likeness (QED) is 0.787. The van der Waals surface area contributed by atoms with Crippen LogP contribution in [0.4, 0.5) is 0 Å². The van der Waals surface area contributed by atoms with Crippen LogP contribution in [-0.4, -0.2) is 42.2 Å². The molecule has 2 atom stereocenters. The zero-order valence-electron chi connectivity index (χ0n) is 9.38. The molecular formula is C10H18BrNO3. The van der Waals surface area contributed by atoms with Crippen LogP contribution in [0.5, 0.6) is 0 Å². The Morgan fingerprint density at radius 2 is 2.20 bits per heavy atom. The van der Waals surface area contributed by atoms with Gasteiger partial charge in [0.15, 0.2) is 6.10 Å². The predicted octanol–water partition coefficient (Wildman–Crippen LogP) is 1.08. The Hall–Kier alpha value is -0.130. The monoisotopic (exact) mass is 279 g/mol. The van der Waals surface area contributed by atoms with Crippen molar-refractivity contribution in [3.05, 3.63) is 0 Å². The molecule has 0 aliphatic carbocycles. The highest BCUT2D eigenvalue weighted by Gasteiger charge is 2.30. The molecular weight excluding hydrogens is 262 g/mol. The molecule has 0 bridgehead atoms. The van der Waals surface area contributed by atoms with Crippen LogP contribution in [0.1, 0.15) is 20.8 Å². The van der Waals surface area contributed by atoms with E-state index in [1.165, 1.54) is 0 Å². The Morgan fingerprint density at radius 1 is 1.53 bits per heavy atom. The van der Waals surface area contributed by atoms with Gasteiger partial charge in [0.2, 0.25) is 0 Å². The molecule has 1 aliphatic heterocycles. The van der Waals surface area contributed by atoms with E-state index in [-0.39, 0.29) is 16.3 Å². The zero-order chi connectivity index (χ0) is 11.5. The van der Waals surface area contributed by atoms with Crippen molar-refractivity contribution in [3.63, 3.8) is 0 Å². The average molecular weight is 280 g/mol. The lowest BCUT2D eigenvalue weighted by Crippen LogP contribution is -2.54. The van der Waals surface area contributed by atoms with Gasteiger partial charge in [-0.05, 0) is 13.8 Å². The highest BCUT2D eigenvalue weighted by atomic mass is 79.9. The van der Waals surface area contributed by atoms with Crippen LogP contribution < -0.4 is 5.32 Å². The van der Waals surface area contributed by atoms with Crippen LogP contribution in [-0.2, 0) is 14.3 Å². The molecule has 2 unspecified atom stereocenters. The molecule has 4 nitrogen and oxygen atoms in total. The van der Waals surface area contributed by atoms with E-state index in [9.17, 15) is 4.79 Å². The highest BCUT2D eigenvalue weighted by Crippen LogP contribution is 2.17. The van der Waals surface area contributed by atoms with E-state index in [0.717, 1.165) is 0 Å². The topological polar surface area (TPSA) is 47.6 Å². The lowest BCUT2D eigenvalue weighted by molar-refractivity contribution is -0.149. The molecule has 0 radical (unpaired) electrons. The summed E-state index contributed by atoms with van der Waals surface area (Å²) in [5.41, 5.74) is -0.294. The first-order valence-electron chi connectivity index (χ1n) is 5.09. The number of alkyl halides is 1. The maximum Gasteiger partial charge on any atom is 0.251 e. The number of nitrogens with one attached hydrogen (secondary N) is 1. The van der Waals surface area contributed by atoms with E-state index in [2.05, 4.69) is 21.2 Å². The molecule has 1 rings (SSSR count). The minimum absolute atomic E-state index is 0.106. The van der Waals surface area contributed by atoms with E-state index in [0.29, 0.717) is 19.8 Å². The van der Waals surface area contributed by atoms with E-state index >= 15 is 0 Å². The van der Waals surface area contributed by atoms with Gasteiger partial charge in [-0.3, -0.25) is 4.79 Å². The van der Waals surface area contributed by atoms with Crippen LogP contribution in [0.25, 0.3) is 0 Å². The summed E-state index contributed by atoms with van der Waals surface area (Å²) in [5.74, 6) is -0.106. The van der Waals surface area contributed by atoms with E-state index < -0.39 is 6.10 Å². The number of hydrogen-bond acceptors (Lipinski definition) is 3. The van der Waals surface area contributed by atoms with Gasteiger partial charge in [-0.15, -0.1) is 0 Å². The van der Waals surface area contributed by atoms with Gasteiger partial charge in [0.25, 0.3) is 5.91 Å². The van der Waals surface area contributed by atoms with Crippen LogP contribution in [0.3, 0.4) is 0 Å². The second-order valence-corrected chi connectivity index (χ2v) is 5.63. The van der Waals surface area contributed by atoms with Gasteiger partial charge in [-0.25, -0.2) is 0 Å². The molecule has 0 aromatic carbocycles. The summed E-state index contributed by atoms with van der Waals surface area (Å²) in [6.07, 6.45) is -0.468. The number of hydrogen-bond donors (Lipinski definition) is 1. The van der Waals surface area contributed by atoms with Gasteiger partial charge >= 0.3 is 0 Å². The summed E-state index contributed by atoms with van der Waals surface area (Å²) in [6, 6.07) is 0. The van der Waals surface area contributed by atoms with E-state index in [1.54, 1.807) is 0 Å². The van der Waals surface area contributed by atoms with Crippen LogP contribution in [0, 0.1) is 0 Å². The third-order valence-corrected chi connectivity index (χ3v) is 3.69. The first-order chi connectivity index (χ1) is 6.93.